The lowest BCUT2D eigenvalue weighted by molar-refractivity contribution is 0.622. The van der Waals surface area contributed by atoms with E-state index in [1.165, 1.54) is 6.07 Å². The van der Waals surface area contributed by atoms with Crippen LogP contribution in [0.15, 0.2) is 40.9 Å². The lowest BCUT2D eigenvalue weighted by Crippen LogP contribution is -2.09. The molecule has 0 amide bonds. The molecule has 0 atom stereocenters. The second kappa shape index (κ2) is 5.27. The number of benzene rings is 2. The summed E-state index contributed by atoms with van der Waals surface area (Å²) in [5.74, 6) is -0.311. The lowest BCUT2D eigenvalue weighted by Gasteiger charge is -2.14. The molecule has 108 valence electrons. The Hall–Kier alpha value is -1.66. The maximum absolute atomic E-state index is 13.8. The minimum absolute atomic E-state index is 0.311. The van der Waals surface area contributed by atoms with Gasteiger partial charge < -0.3 is 9.88 Å². The summed E-state index contributed by atoms with van der Waals surface area (Å²) in [4.78, 5) is 5.12. The Labute approximate surface area is 135 Å². The highest BCUT2D eigenvalue weighted by atomic mass is 79.9. The second-order valence-corrected chi connectivity index (χ2v) is 6.20. The molecule has 0 aliphatic heterocycles. The van der Waals surface area contributed by atoms with Crippen LogP contribution < -0.4 is 4.90 Å². The smallest absolute Gasteiger partial charge is 0.182 e. The van der Waals surface area contributed by atoms with Crippen LogP contribution in [0.25, 0.3) is 16.7 Å². The molecule has 0 aliphatic rings. The summed E-state index contributed by atoms with van der Waals surface area (Å²) in [7, 11) is 3.95. The van der Waals surface area contributed by atoms with Gasteiger partial charge in [-0.2, -0.15) is 0 Å². The molecule has 2 aromatic carbocycles. The summed E-state index contributed by atoms with van der Waals surface area (Å²) < 4.78 is 16.6. The van der Waals surface area contributed by atoms with Crippen LogP contribution >= 0.6 is 28.1 Å². The van der Waals surface area contributed by atoms with Gasteiger partial charge in [-0.25, -0.2) is 4.39 Å². The predicted octanol–water partition coefficient (Wildman–Crippen LogP) is 4.66. The van der Waals surface area contributed by atoms with Crippen LogP contribution in [0.5, 0.6) is 0 Å². The fourth-order valence-electron chi connectivity index (χ4n) is 2.27. The molecule has 21 heavy (non-hydrogen) atoms. The van der Waals surface area contributed by atoms with E-state index in [0.717, 1.165) is 22.4 Å². The number of aromatic amines is 1. The van der Waals surface area contributed by atoms with Gasteiger partial charge in [0.25, 0.3) is 0 Å². The molecule has 1 heterocycles. The third-order valence-electron chi connectivity index (χ3n) is 3.33. The second-order valence-electron chi connectivity index (χ2n) is 4.96. The zero-order valence-corrected chi connectivity index (χ0v) is 13.9. The standard InChI is InChI=1S/C15H13BrFN3S/c1-19(2)9-4-3-5-10(6-9)20-14-8-12(17)11(16)7-13(14)18-15(20)21/h3-8H,1-2H3,(H,18,21). The number of halogens is 2. The van der Waals surface area contributed by atoms with E-state index in [9.17, 15) is 4.39 Å². The van der Waals surface area contributed by atoms with Gasteiger partial charge >= 0.3 is 0 Å². The Kier molecular flexibility index (Phi) is 3.59. The van der Waals surface area contributed by atoms with Gasteiger partial charge in [0.2, 0.25) is 0 Å². The molecule has 0 bridgehead atoms. The van der Waals surface area contributed by atoms with Gasteiger partial charge in [0.15, 0.2) is 4.77 Å². The van der Waals surface area contributed by atoms with E-state index in [0.29, 0.717) is 9.24 Å². The van der Waals surface area contributed by atoms with Crippen molar-refractivity contribution in [2.45, 2.75) is 0 Å². The third-order valence-corrected chi connectivity index (χ3v) is 4.22. The van der Waals surface area contributed by atoms with Crippen LogP contribution in [0.2, 0.25) is 0 Å². The van der Waals surface area contributed by atoms with Crippen LogP contribution in [0.4, 0.5) is 10.1 Å². The van der Waals surface area contributed by atoms with Crippen molar-refractivity contribution in [1.29, 1.82) is 0 Å². The van der Waals surface area contributed by atoms with E-state index in [4.69, 9.17) is 12.2 Å². The largest absolute Gasteiger partial charge is 0.378 e. The summed E-state index contributed by atoms with van der Waals surface area (Å²) in [5, 5.41) is 0. The Balaban J connectivity index is 2.30. The molecule has 1 N–H and O–H groups in total. The number of hydrogen-bond donors (Lipinski definition) is 1. The van der Waals surface area contributed by atoms with E-state index in [-0.39, 0.29) is 5.82 Å². The third kappa shape index (κ3) is 2.49. The minimum atomic E-state index is -0.311. The van der Waals surface area contributed by atoms with Gasteiger partial charge in [0, 0.05) is 25.8 Å². The highest BCUT2D eigenvalue weighted by Crippen LogP contribution is 2.26. The molecule has 3 nitrogen and oxygen atoms in total. The van der Waals surface area contributed by atoms with E-state index in [1.807, 2.05) is 47.8 Å². The number of nitrogens with one attached hydrogen (secondary N) is 1. The van der Waals surface area contributed by atoms with E-state index >= 15 is 0 Å². The van der Waals surface area contributed by atoms with Gasteiger partial charge in [-0.05, 0) is 52.4 Å². The van der Waals surface area contributed by atoms with Crippen molar-refractivity contribution >= 4 is 44.9 Å². The normalized spacial score (nSPS) is 11.0. The topological polar surface area (TPSA) is 24.0 Å². The van der Waals surface area contributed by atoms with Crippen molar-refractivity contribution < 1.29 is 4.39 Å². The molecule has 3 rings (SSSR count). The lowest BCUT2D eigenvalue weighted by atomic mass is 10.2. The van der Waals surface area contributed by atoms with E-state index < -0.39 is 0 Å². The van der Waals surface area contributed by atoms with Gasteiger partial charge in [-0.15, -0.1) is 0 Å². The number of hydrogen-bond acceptors (Lipinski definition) is 2. The fraction of sp³-hybridized carbons (Fsp3) is 0.133. The molecule has 6 heteroatoms. The number of nitrogens with zero attached hydrogens (tertiary/aromatic N) is 2. The van der Waals surface area contributed by atoms with Crippen LogP contribution in [0.1, 0.15) is 0 Å². The number of fused-ring (bicyclic) bond motifs is 1. The Morgan fingerprint density at radius 1 is 1.24 bits per heavy atom. The Bertz CT molecular complexity index is 882. The van der Waals surface area contributed by atoms with E-state index in [2.05, 4.69) is 20.9 Å². The van der Waals surface area contributed by atoms with E-state index in [1.54, 1.807) is 6.07 Å². The molecule has 3 aromatic rings. The van der Waals surface area contributed by atoms with Crippen molar-refractivity contribution in [2.75, 3.05) is 19.0 Å². The fourth-order valence-corrected chi connectivity index (χ4v) is 2.93. The van der Waals surface area contributed by atoms with Crippen molar-refractivity contribution in [3.8, 4) is 5.69 Å². The Morgan fingerprint density at radius 3 is 2.71 bits per heavy atom. The Morgan fingerprint density at radius 2 is 2.00 bits per heavy atom. The maximum atomic E-state index is 13.8. The summed E-state index contributed by atoms with van der Waals surface area (Å²) in [6.45, 7) is 0. The van der Waals surface area contributed by atoms with Gasteiger partial charge in [-0.3, -0.25) is 4.57 Å². The van der Waals surface area contributed by atoms with Gasteiger partial charge in [0.05, 0.1) is 21.2 Å². The summed E-state index contributed by atoms with van der Waals surface area (Å²) in [6.07, 6.45) is 0. The van der Waals surface area contributed by atoms with Gasteiger partial charge in [-0.1, -0.05) is 6.07 Å². The number of rotatable bonds is 2. The van der Waals surface area contributed by atoms with Crippen LogP contribution in [0.3, 0.4) is 0 Å². The zero-order valence-electron chi connectivity index (χ0n) is 11.5. The minimum Gasteiger partial charge on any atom is -0.378 e. The first kappa shape index (κ1) is 14.3. The SMILES string of the molecule is CN(C)c1cccc(-n2c(=S)[nH]c3cc(Br)c(F)cc32)c1. The summed E-state index contributed by atoms with van der Waals surface area (Å²) in [6, 6.07) is 11.1. The molecule has 0 spiro atoms. The number of imidazole rings is 1. The van der Waals surface area contributed by atoms with Crippen molar-refractivity contribution in [3.05, 3.63) is 51.5 Å². The summed E-state index contributed by atoms with van der Waals surface area (Å²) >= 11 is 8.58. The number of aromatic nitrogens is 2. The monoisotopic (exact) mass is 365 g/mol. The quantitative estimate of drug-likeness (QED) is 0.668. The highest BCUT2D eigenvalue weighted by molar-refractivity contribution is 9.10. The number of H-pyrrole nitrogens is 1. The van der Waals surface area contributed by atoms with Crippen LogP contribution in [0, 0.1) is 10.6 Å². The first-order valence-corrected chi connectivity index (χ1v) is 7.55. The molecule has 0 fully saturated rings. The average Bonchev–Trinajstić information content (AvgIpc) is 2.74. The zero-order chi connectivity index (χ0) is 15.1. The average molecular weight is 366 g/mol. The molecule has 0 saturated carbocycles. The van der Waals surface area contributed by atoms with Crippen molar-refractivity contribution in [2.24, 2.45) is 0 Å². The molecule has 0 unspecified atom stereocenters. The number of anilines is 1. The molecule has 0 saturated heterocycles. The molecular formula is C15H13BrFN3S. The first-order valence-electron chi connectivity index (χ1n) is 6.35. The van der Waals surface area contributed by atoms with Crippen LogP contribution in [-0.2, 0) is 0 Å². The van der Waals surface area contributed by atoms with Crippen molar-refractivity contribution in [1.82, 2.24) is 9.55 Å². The molecule has 0 radical (unpaired) electrons. The maximum Gasteiger partial charge on any atom is 0.182 e. The van der Waals surface area contributed by atoms with Gasteiger partial charge in [0.1, 0.15) is 5.82 Å². The van der Waals surface area contributed by atoms with Crippen LogP contribution in [-0.4, -0.2) is 23.6 Å². The molecule has 0 aliphatic carbocycles. The first-order chi connectivity index (χ1) is 9.97. The molecule has 1 aromatic heterocycles. The molecular weight excluding hydrogens is 353 g/mol. The summed E-state index contributed by atoms with van der Waals surface area (Å²) in [5.41, 5.74) is 3.47. The van der Waals surface area contributed by atoms with Crippen molar-refractivity contribution in [3.63, 3.8) is 0 Å². The predicted molar refractivity (Wildman–Crippen MR) is 90.4 cm³/mol. The highest BCUT2D eigenvalue weighted by Gasteiger charge is 2.11.